The van der Waals surface area contributed by atoms with Gasteiger partial charge < -0.3 is 19.0 Å². The van der Waals surface area contributed by atoms with E-state index in [1.165, 1.54) is 0 Å². The monoisotopic (exact) mass is 377 g/mol. The van der Waals surface area contributed by atoms with Gasteiger partial charge in [-0.1, -0.05) is 0 Å². The first-order chi connectivity index (χ1) is 9.02. The Morgan fingerprint density at radius 1 is 0.895 bits per heavy atom. The number of hydrogen-bond donors (Lipinski definition) is 2. The van der Waals surface area contributed by atoms with E-state index in [9.17, 15) is 9.59 Å². The van der Waals surface area contributed by atoms with Crippen LogP contribution in [-0.2, 0) is 22.4 Å². The van der Waals surface area contributed by atoms with E-state index in [1.807, 2.05) is 0 Å². The smallest absolute Gasteiger partial charge is 0.442 e. The fourth-order valence-electron chi connectivity index (χ4n) is 1.38. The summed E-state index contributed by atoms with van der Waals surface area (Å²) in [7, 11) is 0. The predicted molar refractivity (Wildman–Crippen MR) is 57.5 cm³/mol. The molecule has 0 aliphatic rings. The summed E-state index contributed by atoms with van der Waals surface area (Å²) in [6, 6.07) is 6.71. The molecule has 2 rings (SSSR count). The van der Waals surface area contributed by atoms with Crippen LogP contribution >= 0.6 is 0 Å². The number of carboxylic acid groups (broad SMARTS) is 2. The minimum atomic E-state index is -0.944. The van der Waals surface area contributed by atoms with Gasteiger partial charge in [0.05, 0.1) is 0 Å². The van der Waals surface area contributed by atoms with Gasteiger partial charge in [0.1, 0.15) is 24.4 Å². The molecule has 2 aromatic rings. The average molecular weight is 377 g/mol. The van der Waals surface area contributed by atoms with Crippen molar-refractivity contribution in [3.8, 4) is 0 Å². The Kier molecular flexibility index (Phi) is 4.25. The zero-order valence-electron chi connectivity index (χ0n) is 9.63. The summed E-state index contributed by atoms with van der Waals surface area (Å²) in [5.41, 5.74) is 0. The van der Waals surface area contributed by atoms with E-state index in [2.05, 4.69) is 0 Å². The van der Waals surface area contributed by atoms with E-state index in [1.54, 1.807) is 24.3 Å². The highest BCUT2D eigenvalue weighted by atomic mass is 127. The van der Waals surface area contributed by atoms with Gasteiger partial charge in [0, 0.05) is 12.1 Å². The maximum atomic E-state index is 10.5. The Balaban J connectivity index is 2.00. The van der Waals surface area contributed by atoms with Gasteiger partial charge in [-0.05, 0) is 12.1 Å². The molecule has 0 spiro atoms. The van der Waals surface area contributed by atoms with Crippen LogP contribution in [0.5, 0.6) is 0 Å². The molecule has 0 aliphatic carbocycles. The number of rotatable bonds is 6. The summed E-state index contributed by atoms with van der Waals surface area (Å²) in [5.74, 6) is -1.08. The summed E-state index contributed by atoms with van der Waals surface area (Å²) < 4.78 is 12.1. The van der Waals surface area contributed by atoms with Gasteiger partial charge in [0.25, 0.3) is 0 Å². The summed E-state index contributed by atoms with van der Waals surface area (Å²) in [6.45, 7) is 0. The molecule has 100 valence electrons. The molecule has 2 heterocycles. The predicted octanol–water partition coefficient (Wildman–Crippen LogP) is -1.74. The van der Waals surface area contributed by atoms with Gasteiger partial charge in [0.2, 0.25) is 0 Å². The molecule has 0 radical (unpaired) electrons. The topological polar surface area (TPSA) is 101 Å². The van der Waals surface area contributed by atoms with Gasteiger partial charge >= 0.3 is 40.7 Å². The lowest BCUT2D eigenvalue weighted by Crippen LogP contribution is -3.61. The van der Waals surface area contributed by atoms with Crippen LogP contribution in [0.15, 0.2) is 33.1 Å². The number of carbonyl (C=O) groups is 2. The van der Waals surface area contributed by atoms with E-state index in [0.29, 0.717) is 19.1 Å². The van der Waals surface area contributed by atoms with E-state index in [-0.39, 0.29) is 12.8 Å². The van der Waals surface area contributed by atoms with Crippen molar-refractivity contribution in [3.63, 3.8) is 0 Å². The van der Waals surface area contributed by atoms with Gasteiger partial charge in [0.15, 0.2) is 0 Å². The minimum Gasteiger partial charge on any atom is -0.481 e. The SMILES string of the molecule is O=C(O)Cc1ccc([I+]c2ccc(CC(=O)O)o2)o1. The Hall–Kier alpha value is -1.77. The zero-order valence-corrected chi connectivity index (χ0v) is 11.8. The number of halogens is 1. The molecule has 0 bridgehead atoms. The Morgan fingerprint density at radius 2 is 1.32 bits per heavy atom. The highest BCUT2D eigenvalue weighted by Crippen LogP contribution is 2.02. The van der Waals surface area contributed by atoms with Gasteiger partial charge in [-0.25, -0.2) is 0 Å². The molecule has 6 nitrogen and oxygen atoms in total. The molecule has 0 aliphatic heterocycles. The number of carboxylic acids is 2. The first kappa shape index (κ1) is 13.7. The van der Waals surface area contributed by atoms with Crippen molar-refractivity contribution in [1.29, 1.82) is 0 Å². The summed E-state index contributed by atoms with van der Waals surface area (Å²) >= 11 is -0.701. The Bertz CT molecular complexity index is 545. The van der Waals surface area contributed by atoms with Crippen molar-refractivity contribution in [1.82, 2.24) is 0 Å². The lowest BCUT2D eigenvalue weighted by Gasteiger charge is -1.86. The standard InChI is InChI=1S/C12H9IO6/c14-11(15)5-7-1-3-9(18-7)13-10-4-2-8(19-10)6-12(16)17/h1-4H,5-6H2,(H-,14,15,16,17)/p+1. The molecule has 7 heteroatoms. The highest BCUT2D eigenvalue weighted by molar-refractivity contribution is 5.69. The molecule has 2 N–H and O–H groups in total. The molecule has 2 aromatic heterocycles. The van der Waals surface area contributed by atoms with Gasteiger partial charge in [-0.3, -0.25) is 9.59 Å². The fourth-order valence-corrected chi connectivity index (χ4v) is 3.41. The molecule has 0 amide bonds. The normalized spacial score (nSPS) is 10.5. The second-order valence-corrected chi connectivity index (χ2v) is 6.31. The summed E-state index contributed by atoms with van der Waals surface area (Å²) in [4.78, 5) is 21.0. The molecule has 0 saturated carbocycles. The first-order valence-electron chi connectivity index (χ1n) is 5.29. The third-order valence-corrected chi connectivity index (χ3v) is 4.32. The fraction of sp³-hybridized carbons (Fsp3) is 0.167. The Labute approximate surface area is 118 Å². The second kappa shape index (κ2) is 5.91. The van der Waals surface area contributed by atoms with Crippen LogP contribution in [0.4, 0.5) is 0 Å². The van der Waals surface area contributed by atoms with E-state index in [4.69, 9.17) is 19.0 Å². The first-order valence-corrected chi connectivity index (χ1v) is 7.44. The van der Waals surface area contributed by atoms with Crippen LogP contribution in [0.3, 0.4) is 0 Å². The summed E-state index contributed by atoms with van der Waals surface area (Å²) in [5, 5.41) is 17.3. The molecule has 0 saturated heterocycles. The molecule has 19 heavy (non-hydrogen) atoms. The van der Waals surface area contributed by atoms with E-state index in [0.717, 1.165) is 0 Å². The third-order valence-electron chi connectivity index (χ3n) is 2.09. The number of hydrogen-bond acceptors (Lipinski definition) is 4. The average Bonchev–Trinajstić information content (AvgIpc) is 2.88. The third kappa shape index (κ3) is 4.12. The van der Waals surface area contributed by atoms with Gasteiger partial charge in [-0.15, -0.1) is 0 Å². The van der Waals surface area contributed by atoms with Crippen molar-refractivity contribution in [3.05, 3.63) is 43.3 Å². The van der Waals surface area contributed by atoms with Crippen LogP contribution in [0, 0.1) is 7.53 Å². The zero-order chi connectivity index (χ0) is 13.8. The molecule has 0 unspecified atom stereocenters. The maximum Gasteiger partial charge on any atom is 0.442 e. The minimum absolute atomic E-state index is 0.147. The van der Waals surface area contributed by atoms with Crippen LogP contribution in [0.2, 0.25) is 0 Å². The van der Waals surface area contributed by atoms with Crippen LogP contribution in [0.25, 0.3) is 0 Å². The van der Waals surface area contributed by atoms with Crippen molar-refractivity contribution in [2.24, 2.45) is 0 Å². The maximum absolute atomic E-state index is 10.5. The van der Waals surface area contributed by atoms with Crippen LogP contribution in [0.1, 0.15) is 11.5 Å². The highest BCUT2D eigenvalue weighted by Gasteiger charge is 2.25. The van der Waals surface area contributed by atoms with Crippen molar-refractivity contribution >= 4 is 11.9 Å². The van der Waals surface area contributed by atoms with Crippen LogP contribution in [-0.4, -0.2) is 22.2 Å². The lowest BCUT2D eigenvalue weighted by atomic mass is 10.3. The molecular formula is C12H10IO6+. The largest absolute Gasteiger partial charge is 0.481 e. The van der Waals surface area contributed by atoms with Crippen molar-refractivity contribution < 1.29 is 49.8 Å². The molecular weight excluding hydrogens is 367 g/mol. The lowest BCUT2D eigenvalue weighted by molar-refractivity contribution is -0.636. The Morgan fingerprint density at radius 3 is 1.68 bits per heavy atom. The summed E-state index contributed by atoms with van der Waals surface area (Å²) in [6.07, 6.45) is -0.293. The van der Waals surface area contributed by atoms with Crippen LogP contribution < -0.4 is 21.2 Å². The number of furan rings is 2. The molecule has 0 fully saturated rings. The van der Waals surface area contributed by atoms with E-state index < -0.39 is 33.1 Å². The molecule has 0 aromatic carbocycles. The second-order valence-electron chi connectivity index (χ2n) is 3.65. The van der Waals surface area contributed by atoms with Gasteiger partial charge in [-0.2, -0.15) is 0 Å². The van der Waals surface area contributed by atoms with Crippen molar-refractivity contribution in [2.75, 3.05) is 0 Å². The van der Waals surface area contributed by atoms with E-state index >= 15 is 0 Å². The van der Waals surface area contributed by atoms with Crippen molar-refractivity contribution in [2.45, 2.75) is 12.8 Å². The quantitative estimate of drug-likeness (QED) is 0.580. The number of aliphatic carboxylic acids is 2. The molecule has 0 atom stereocenters.